The summed E-state index contributed by atoms with van der Waals surface area (Å²) in [6.07, 6.45) is 6.25. The Bertz CT molecular complexity index is 639. The number of urea groups is 1. The highest BCUT2D eigenvalue weighted by atomic mass is 16.5. The fourth-order valence-electron chi connectivity index (χ4n) is 4.07. The quantitative estimate of drug-likeness (QED) is 0.795. The largest absolute Gasteiger partial charge is 0.487 e. The molecule has 5 heteroatoms. The van der Waals surface area contributed by atoms with Crippen LogP contribution in [-0.2, 0) is 0 Å². The normalized spacial score (nSPS) is 26.5. The van der Waals surface area contributed by atoms with E-state index in [9.17, 15) is 9.90 Å². The SMILES string of the molecule is C[C@@](CO)(NC(=O)N[C@H]1CC2(CCC2)Oc2ccccc21)C1CC1. The fraction of sp³-hybridized carbons (Fsp3) is 0.632. The van der Waals surface area contributed by atoms with Crippen LogP contribution >= 0.6 is 0 Å². The van der Waals surface area contributed by atoms with E-state index in [0.717, 1.165) is 43.4 Å². The number of benzene rings is 1. The van der Waals surface area contributed by atoms with E-state index in [0.29, 0.717) is 5.92 Å². The number of hydrogen-bond donors (Lipinski definition) is 3. The zero-order chi connectivity index (χ0) is 16.8. The lowest BCUT2D eigenvalue weighted by Gasteiger charge is -2.48. The molecule has 0 aromatic heterocycles. The summed E-state index contributed by atoms with van der Waals surface area (Å²) >= 11 is 0. The van der Waals surface area contributed by atoms with Gasteiger partial charge in [-0.1, -0.05) is 18.2 Å². The van der Waals surface area contributed by atoms with Crippen LogP contribution in [0, 0.1) is 5.92 Å². The third-order valence-electron chi connectivity index (χ3n) is 5.97. The Kier molecular flexibility index (Phi) is 3.71. The van der Waals surface area contributed by atoms with Crippen LogP contribution in [0.4, 0.5) is 4.79 Å². The molecule has 1 heterocycles. The molecular weight excluding hydrogens is 304 g/mol. The summed E-state index contributed by atoms with van der Waals surface area (Å²) in [4.78, 5) is 12.6. The number of para-hydroxylation sites is 1. The van der Waals surface area contributed by atoms with Crippen molar-refractivity contribution < 1.29 is 14.6 Å². The summed E-state index contributed by atoms with van der Waals surface area (Å²) in [5.74, 6) is 1.27. The van der Waals surface area contributed by atoms with E-state index in [-0.39, 0.29) is 24.3 Å². The van der Waals surface area contributed by atoms with Crippen molar-refractivity contribution in [2.45, 2.75) is 62.6 Å². The van der Waals surface area contributed by atoms with Gasteiger partial charge < -0.3 is 20.5 Å². The van der Waals surface area contributed by atoms with Crippen molar-refractivity contribution in [2.75, 3.05) is 6.61 Å². The second-order valence-corrected chi connectivity index (χ2v) is 7.88. The summed E-state index contributed by atoms with van der Waals surface area (Å²) in [5, 5.41) is 15.8. The number of amides is 2. The van der Waals surface area contributed by atoms with Gasteiger partial charge in [-0.2, -0.15) is 0 Å². The number of rotatable bonds is 4. The molecule has 2 fully saturated rings. The highest BCUT2D eigenvalue weighted by molar-refractivity contribution is 5.75. The Hall–Kier alpha value is -1.75. The van der Waals surface area contributed by atoms with Crippen LogP contribution < -0.4 is 15.4 Å². The second-order valence-electron chi connectivity index (χ2n) is 7.88. The molecule has 24 heavy (non-hydrogen) atoms. The molecule has 2 saturated carbocycles. The van der Waals surface area contributed by atoms with Gasteiger partial charge in [-0.15, -0.1) is 0 Å². The Morgan fingerprint density at radius 2 is 2.12 bits per heavy atom. The van der Waals surface area contributed by atoms with E-state index in [2.05, 4.69) is 10.6 Å². The van der Waals surface area contributed by atoms with Crippen molar-refractivity contribution in [3.05, 3.63) is 29.8 Å². The number of carbonyl (C=O) groups is 1. The van der Waals surface area contributed by atoms with Crippen molar-refractivity contribution in [2.24, 2.45) is 5.92 Å². The molecule has 1 aromatic carbocycles. The van der Waals surface area contributed by atoms with E-state index >= 15 is 0 Å². The average Bonchev–Trinajstić information content (AvgIpc) is 3.38. The number of carbonyl (C=O) groups excluding carboxylic acids is 1. The first-order valence-corrected chi connectivity index (χ1v) is 9.01. The van der Waals surface area contributed by atoms with Gasteiger partial charge >= 0.3 is 6.03 Å². The number of hydrogen-bond acceptors (Lipinski definition) is 3. The zero-order valence-corrected chi connectivity index (χ0v) is 14.2. The Morgan fingerprint density at radius 1 is 1.38 bits per heavy atom. The number of fused-ring (bicyclic) bond motifs is 1. The molecule has 130 valence electrons. The lowest BCUT2D eigenvalue weighted by molar-refractivity contribution is -0.0356. The number of nitrogens with one attached hydrogen (secondary N) is 2. The van der Waals surface area contributed by atoms with Crippen LogP contribution in [0.3, 0.4) is 0 Å². The van der Waals surface area contributed by atoms with Crippen molar-refractivity contribution >= 4 is 6.03 Å². The number of aliphatic hydroxyl groups is 1. The first-order valence-electron chi connectivity index (χ1n) is 9.01. The highest BCUT2D eigenvalue weighted by Crippen LogP contribution is 2.48. The summed E-state index contributed by atoms with van der Waals surface area (Å²) in [7, 11) is 0. The Balaban J connectivity index is 1.49. The van der Waals surface area contributed by atoms with Gasteiger partial charge in [0.2, 0.25) is 0 Å². The standard InChI is InChI=1S/C19H26N2O3/c1-18(12-22,13-7-8-13)21-17(23)20-15-11-19(9-4-10-19)24-16-6-3-2-5-14(15)16/h2-3,5-6,13,15,22H,4,7-12H2,1H3,(H2,20,21,23)/t15-,18-/m0/s1. The van der Waals surface area contributed by atoms with Crippen LogP contribution in [0.5, 0.6) is 5.75 Å². The van der Waals surface area contributed by atoms with E-state index in [1.165, 1.54) is 6.42 Å². The predicted octanol–water partition coefficient (Wildman–Crippen LogP) is 2.89. The molecule has 0 radical (unpaired) electrons. The molecule has 0 saturated heterocycles. The fourth-order valence-corrected chi connectivity index (χ4v) is 4.07. The maximum absolute atomic E-state index is 12.6. The summed E-state index contributed by atoms with van der Waals surface area (Å²) in [6.45, 7) is 1.90. The van der Waals surface area contributed by atoms with E-state index in [4.69, 9.17) is 4.74 Å². The van der Waals surface area contributed by atoms with Crippen LogP contribution in [0.1, 0.15) is 57.1 Å². The van der Waals surface area contributed by atoms with Crippen LogP contribution in [-0.4, -0.2) is 28.9 Å². The molecule has 1 aromatic rings. The molecule has 0 unspecified atom stereocenters. The molecule has 2 aliphatic carbocycles. The topological polar surface area (TPSA) is 70.6 Å². The highest BCUT2D eigenvalue weighted by Gasteiger charge is 2.47. The molecule has 5 nitrogen and oxygen atoms in total. The van der Waals surface area contributed by atoms with Gasteiger partial charge in [-0.3, -0.25) is 0 Å². The van der Waals surface area contributed by atoms with Crippen molar-refractivity contribution in [3.63, 3.8) is 0 Å². The van der Waals surface area contributed by atoms with Gasteiger partial charge in [-0.25, -0.2) is 4.79 Å². The molecule has 0 bridgehead atoms. The van der Waals surface area contributed by atoms with Gasteiger partial charge in [0.25, 0.3) is 0 Å². The molecular formula is C19H26N2O3. The summed E-state index contributed by atoms with van der Waals surface area (Å²) in [6, 6.07) is 7.73. The molecule has 3 N–H and O–H groups in total. The Labute approximate surface area is 142 Å². The van der Waals surface area contributed by atoms with Crippen molar-refractivity contribution in [1.29, 1.82) is 0 Å². The summed E-state index contributed by atoms with van der Waals surface area (Å²) < 4.78 is 6.23. The minimum absolute atomic E-state index is 0.0284. The number of aliphatic hydroxyl groups excluding tert-OH is 1. The molecule has 1 aliphatic heterocycles. The van der Waals surface area contributed by atoms with E-state index in [1.54, 1.807) is 0 Å². The van der Waals surface area contributed by atoms with E-state index in [1.807, 2.05) is 31.2 Å². The first kappa shape index (κ1) is 15.8. The molecule has 2 amide bonds. The van der Waals surface area contributed by atoms with Crippen LogP contribution in [0.2, 0.25) is 0 Å². The van der Waals surface area contributed by atoms with Gasteiger partial charge in [0.05, 0.1) is 18.2 Å². The van der Waals surface area contributed by atoms with Crippen LogP contribution in [0.15, 0.2) is 24.3 Å². The monoisotopic (exact) mass is 330 g/mol. The van der Waals surface area contributed by atoms with Crippen molar-refractivity contribution in [1.82, 2.24) is 10.6 Å². The molecule has 3 aliphatic rings. The van der Waals surface area contributed by atoms with E-state index < -0.39 is 5.54 Å². The minimum atomic E-state index is -0.525. The summed E-state index contributed by atoms with van der Waals surface area (Å²) in [5.41, 5.74) is 0.411. The number of ether oxygens (including phenoxy) is 1. The zero-order valence-electron chi connectivity index (χ0n) is 14.2. The third-order valence-corrected chi connectivity index (χ3v) is 5.97. The van der Waals surface area contributed by atoms with Gasteiger partial charge in [-0.05, 0) is 51.0 Å². The first-order chi connectivity index (χ1) is 11.5. The van der Waals surface area contributed by atoms with Gasteiger partial charge in [0.15, 0.2) is 0 Å². The molecule has 4 rings (SSSR count). The minimum Gasteiger partial charge on any atom is -0.487 e. The second kappa shape index (κ2) is 5.66. The predicted molar refractivity (Wildman–Crippen MR) is 90.9 cm³/mol. The maximum atomic E-state index is 12.6. The van der Waals surface area contributed by atoms with Gasteiger partial charge in [0.1, 0.15) is 11.4 Å². The maximum Gasteiger partial charge on any atom is 0.315 e. The smallest absolute Gasteiger partial charge is 0.315 e. The Morgan fingerprint density at radius 3 is 2.75 bits per heavy atom. The van der Waals surface area contributed by atoms with Crippen molar-refractivity contribution in [3.8, 4) is 5.75 Å². The lowest BCUT2D eigenvalue weighted by Crippen LogP contribution is -2.56. The lowest BCUT2D eigenvalue weighted by atomic mass is 9.73. The van der Waals surface area contributed by atoms with Gasteiger partial charge in [0, 0.05) is 12.0 Å². The molecule has 2 atom stereocenters. The third kappa shape index (κ3) is 2.75. The molecule has 1 spiro atoms. The van der Waals surface area contributed by atoms with Crippen LogP contribution in [0.25, 0.3) is 0 Å². The average molecular weight is 330 g/mol.